The Morgan fingerprint density at radius 1 is 1.28 bits per heavy atom. The summed E-state index contributed by atoms with van der Waals surface area (Å²) in [6.45, 7) is 5.35. The number of hydrogen-bond acceptors (Lipinski definition) is 3. The lowest BCUT2D eigenvalue weighted by molar-refractivity contribution is 0.0957. The zero-order chi connectivity index (χ0) is 17.8. The van der Waals surface area contributed by atoms with Gasteiger partial charge in [0.1, 0.15) is 10.6 Å². The zero-order valence-corrected chi connectivity index (χ0v) is 15.3. The maximum Gasteiger partial charge on any atom is 0.261 e. The van der Waals surface area contributed by atoms with Gasteiger partial charge in [-0.2, -0.15) is 5.10 Å². The molecule has 132 valence electrons. The van der Waals surface area contributed by atoms with Crippen molar-refractivity contribution in [3.8, 4) is 0 Å². The van der Waals surface area contributed by atoms with E-state index < -0.39 is 0 Å². The summed E-state index contributed by atoms with van der Waals surface area (Å²) in [6.07, 6.45) is 3.26. The van der Waals surface area contributed by atoms with E-state index in [0.717, 1.165) is 40.7 Å². The summed E-state index contributed by atoms with van der Waals surface area (Å²) in [5.41, 5.74) is 1.88. The van der Waals surface area contributed by atoms with Crippen LogP contribution < -0.4 is 5.32 Å². The average molecular weight is 359 g/mol. The van der Waals surface area contributed by atoms with Gasteiger partial charge in [-0.3, -0.25) is 9.48 Å². The summed E-state index contributed by atoms with van der Waals surface area (Å²) in [4.78, 5) is 14.0. The first-order valence-electron chi connectivity index (χ1n) is 8.58. The van der Waals surface area contributed by atoms with E-state index in [9.17, 15) is 9.18 Å². The van der Waals surface area contributed by atoms with E-state index in [1.165, 1.54) is 23.5 Å². The van der Waals surface area contributed by atoms with Gasteiger partial charge in [-0.05, 0) is 37.1 Å². The molecule has 3 aromatic rings. The van der Waals surface area contributed by atoms with Crippen molar-refractivity contribution >= 4 is 27.5 Å². The molecule has 0 bridgehead atoms. The second kappa shape index (κ2) is 7.78. The highest BCUT2D eigenvalue weighted by atomic mass is 32.1. The molecule has 0 radical (unpaired) electrons. The van der Waals surface area contributed by atoms with Crippen LogP contribution in [0.1, 0.15) is 47.1 Å². The minimum absolute atomic E-state index is 0.0231. The van der Waals surface area contributed by atoms with Gasteiger partial charge < -0.3 is 5.32 Å². The summed E-state index contributed by atoms with van der Waals surface area (Å²) < 4.78 is 14.9. The summed E-state index contributed by atoms with van der Waals surface area (Å²) in [7, 11) is 0. The van der Waals surface area contributed by atoms with E-state index in [1.807, 2.05) is 17.7 Å². The van der Waals surface area contributed by atoms with Crippen LogP contribution in [0.5, 0.6) is 0 Å². The van der Waals surface area contributed by atoms with Gasteiger partial charge in [0.05, 0.1) is 17.1 Å². The molecule has 4 nitrogen and oxygen atoms in total. The number of halogens is 1. The third kappa shape index (κ3) is 4.07. The SMILES string of the molecule is CCCCCNC(=O)c1cc2c(C)nn(Cc3ccc(F)cc3)c2s1. The second-order valence-electron chi connectivity index (χ2n) is 6.16. The highest BCUT2D eigenvalue weighted by molar-refractivity contribution is 7.20. The predicted molar refractivity (Wildman–Crippen MR) is 99.7 cm³/mol. The number of nitrogens with one attached hydrogen (secondary N) is 1. The lowest BCUT2D eigenvalue weighted by Crippen LogP contribution is -2.23. The molecule has 0 aliphatic rings. The highest BCUT2D eigenvalue weighted by Gasteiger charge is 2.16. The molecule has 1 aromatic carbocycles. The minimum atomic E-state index is -0.247. The largest absolute Gasteiger partial charge is 0.351 e. The quantitative estimate of drug-likeness (QED) is 0.631. The normalized spacial score (nSPS) is 11.2. The van der Waals surface area contributed by atoms with Crippen molar-refractivity contribution in [2.75, 3.05) is 6.54 Å². The minimum Gasteiger partial charge on any atom is -0.351 e. The number of rotatable bonds is 7. The fourth-order valence-electron chi connectivity index (χ4n) is 2.76. The van der Waals surface area contributed by atoms with Gasteiger partial charge in [-0.15, -0.1) is 11.3 Å². The third-order valence-electron chi connectivity index (χ3n) is 4.14. The monoisotopic (exact) mass is 359 g/mol. The van der Waals surface area contributed by atoms with E-state index in [4.69, 9.17) is 0 Å². The van der Waals surface area contributed by atoms with E-state index in [2.05, 4.69) is 17.3 Å². The van der Waals surface area contributed by atoms with Crippen molar-refractivity contribution in [3.05, 3.63) is 52.3 Å². The Bertz CT molecular complexity index is 867. The molecular formula is C19H22FN3OS. The number of benzene rings is 1. The first kappa shape index (κ1) is 17.6. The van der Waals surface area contributed by atoms with Crippen molar-refractivity contribution < 1.29 is 9.18 Å². The third-order valence-corrected chi connectivity index (χ3v) is 5.29. The predicted octanol–water partition coefficient (Wildman–Crippen LogP) is 4.51. The van der Waals surface area contributed by atoms with Crippen LogP contribution in [0.2, 0.25) is 0 Å². The lowest BCUT2D eigenvalue weighted by Gasteiger charge is -2.03. The average Bonchev–Trinajstić information content (AvgIpc) is 3.15. The molecule has 0 spiro atoms. The molecule has 0 saturated carbocycles. The summed E-state index contributed by atoms with van der Waals surface area (Å²) in [6, 6.07) is 8.33. The van der Waals surface area contributed by atoms with E-state index in [0.29, 0.717) is 18.0 Å². The molecule has 0 aliphatic carbocycles. The molecule has 0 unspecified atom stereocenters. The van der Waals surface area contributed by atoms with Crippen molar-refractivity contribution in [2.45, 2.75) is 39.7 Å². The molecule has 0 fully saturated rings. The Labute approximate surface area is 150 Å². The van der Waals surface area contributed by atoms with Crippen molar-refractivity contribution in [3.63, 3.8) is 0 Å². The van der Waals surface area contributed by atoms with Crippen LogP contribution in [0, 0.1) is 12.7 Å². The van der Waals surface area contributed by atoms with Crippen LogP contribution in [0.3, 0.4) is 0 Å². The standard InChI is InChI=1S/C19H22FN3OS/c1-3-4-5-10-21-18(24)17-11-16-13(2)22-23(19(16)25-17)12-14-6-8-15(20)9-7-14/h6-9,11H,3-5,10,12H2,1-2H3,(H,21,24). The molecule has 2 heterocycles. The molecule has 2 aromatic heterocycles. The smallest absolute Gasteiger partial charge is 0.261 e. The van der Waals surface area contributed by atoms with Crippen molar-refractivity contribution in [1.29, 1.82) is 0 Å². The molecule has 25 heavy (non-hydrogen) atoms. The van der Waals surface area contributed by atoms with Crippen LogP contribution in [0.15, 0.2) is 30.3 Å². The topological polar surface area (TPSA) is 46.9 Å². The number of carbonyl (C=O) groups excluding carboxylic acids is 1. The van der Waals surface area contributed by atoms with E-state index in [-0.39, 0.29) is 11.7 Å². The molecule has 6 heteroatoms. The number of aromatic nitrogens is 2. The van der Waals surface area contributed by atoms with Gasteiger partial charge in [0.2, 0.25) is 0 Å². The van der Waals surface area contributed by atoms with Crippen LogP contribution in [-0.2, 0) is 6.54 Å². The Hall–Kier alpha value is -2.21. The van der Waals surface area contributed by atoms with Crippen LogP contribution >= 0.6 is 11.3 Å². The molecule has 1 N–H and O–H groups in total. The fraction of sp³-hybridized carbons (Fsp3) is 0.368. The number of thiophene rings is 1. The van der Waals surface area contributed by atoms with Crippen molar-refractivity contribution in [1.82, 2.24) is 15.1 Å². The summed E-state index contributed by atoms with van der Waals surface area (Å²) in [5, 5.41) is 8.54. The maximum atomic E-state index is 13.1. The fourth-order valence-corrected chi connectivity index (χ4v) is 3.84. The van der Waals surface area contributed by atoms with Gasteiger partial charge in [0.15, 0.2) is 0 Å². The number of carbonyl (C=O) groups is 1. The highest BCUT2D eigenvalue weighted by Crippen LogP contribution is 2.28. The molecule has 0 aliphatic heterocycles. The first-order valence-corrected chi connectivity index (χ1v) is 9.39. The summed E-state index contributed by atoms with van der Waals surface area (Å²) in [5.74, 6) is -0.270. The van der Waals surface area contributed by atoms with Gasteiger partial charge in [0, 0.05) is 11.9 Å². The molecule has 1 amide bonds. The molecule has 0 saturated heterocycles. The number of unbranched alkanes of at least 4 members (excludes halogenated alkanes) is 2. The van der Waals surface area contributed by atoms with Gasteiger partial charge >= 0.3 is 0 Å². The number of hydrogen-bond donors (Lipinski definition) is 1. The lowest BCUT2D eigenvalue weighted by atomic mass is 10.2. The second-order valence-corrected chi connectivity index (χ2v) is 7.19. The molecule has 3 rings (SSSR count). The maximum absolute atomic E-state index is 13.1. The molecule has 0 atom stereocenters. The van der Waals surface area contributed by atoms with Crippen molar-refractivity contribution in [2.24, 2.45) is 0 Å². The van der Waals surface area contributed by atoms with Crippen LogP contribution in [0.25, 0.3) is 10.2 Å². The first-order chi connectivity index (χ1) is 12.1. The van der Waals surface area contributed by atoms with Gasteiger partial charge in [0.25, 0.3) is 5.91 Å². The van der Waals surface area contributed by atoms with E-state index >= 15 is 0 Å². The number of aryl methyl sites for hydroxylation is 1. The summed E-state index contributed by atoms with van der Waals surface area (Å²) >= 11 is 1.45. The zero-order valence-electron chi connectivity index (χ0n) is 14.5. The van der Waals surface area contributed by atoms with Gasteiger partial charge in [-0.1, -0.05) is 31.9 Å². The molecular weight excluding hydrogens is 337 g/mol. The number of nitrogens with zero attached hydrogens (tertiary/aromatic N) is 2. The van der Waals surface area contributed by atoms with Gasteiger partial charge in [-0.25, -0.2) is 4.39 Å². The number of amides is 1. The Kier molecular flexibility index (Phi) is 5.48. The van der Waals surface area contributed by atoms with Crippen LogP contribution in [0.4, 0.5) is 4.39 Å². The Morgan fingerprint density at radius 3 is 2.76 bits per heavy atom. The Morgan fingerprint density at radius 2 is 2.04 bits per heavy atom. The number of fused-ring (bicyclic) bond motifs is 1. The Balaban J connectivity index is 1.78. The van der Waals surface area contributed by atoms with E-state index in [1.54, 1.807) is 12.1 Å². The van der Waals surface area contributed by atoms with Crippen LogP contribution in [-0.4, -0.2) is 22.2 Å².